The van der Waals surface area contributed by atoms with E-state index in [-0.39, 0.29) is 11.6 Å². The Labute approximate surface area is 95.2 Å². The highest BCUT2D eigenvalue weighted by molar-refractivity contribution is 4.89. The van der Waals surface area contributed by atoms with Gasteiger partial charge in [-0.3, -0.25) is 4.98 Å². The van der Waals surface area contributed by atoms with Gasteiger partial charge in [-0.2, -0.15) is 5.10 Å². The molecule has 90 valence electrons. The summed E-state index contributed by atoms with van der Waals surface area (Å²) in [6, 6.07) is 0.398. The first-order chi connectivity index (χ1) is 7.66. The molecule has 0 amide bonds. The van der Waals surface area contributed by atoms with Gasteiger partial charge >= 0.3 is 5.69 Å². The topological polar surface area (TPSA) is 62.7 Å². The van der Waals surface area contributed by atoms with E-state index in [4.69, 9.17) is 0 Å². The lowest BCUT2D eigenvalue weighted by Crippen LogP contribution is -2.39. The molecule has 5 nitrogen and oxygen atoms in total. The number of nitrogens with one attached hydrogen (secondary N) is 2. The number of aromatic nitrogens is 3. The molecular formula is C11H20N4O. The third kappa shape index (κ3) is 2.52. The minimum absolute atomic E-state index is 0.0870. The normalized spacial score (nSPS) is 21.6. The van der Waals surface area contributed by atoms with E-state index in [9.17, 15) is 4.79 Å². The fourth-order valence-electron chi connectivity index (χ4n) is 2.05. The molecular weight excluding hydrogens is 204 g/mol. The fraction of sp³-hybridized carbons (Fsp3) is 0.818. The Bertz CT molecular complexity index is 387. The van der Waals surface area contributed by atoms with Gasteiger partial charge in [0.15, 0.2) is 0 Å². The van der Waals surface area contributed by atoms with Crippen LogP contribution in [0.2, 0.25) is 0 Å². The van der Waals surface area contributed by atoms with Gasteiger partial charge in [0, 0.05) is 12.0 Å². The molecule has 0 bridgehead atoms. The molecule has 1 aromatic heterocycles. The molecule has 1 fully saturated rings. The summed E-state index contributed by atoms with van der Waals surface area (Å²) >= 11 is 0. The standard InChI is InChI=1S/C11H20N4O/c1-8(2)10-13-11(16)15(14-10)7-9-5-3-4-6-12-9/h8-9,12H,3-7H2,1-2H3,(H,13,14,16). The van der Waals surface area contributed by atoms with Crippen LogP contribution in [0.15, 0.2) is 4.79 Å². The van der Waals surface area contributed by atoms with Gasteiger partial charge in [0.05, 0.1) is 6.54 Å². The predicted molar refractivity (Wildman–Crippen MR) is 62.6 cm³/mol. The maximum atomic E-state index is 11.6. The molecule has 2 rings (SSSR count). The quantitative estimate of drug-likeness (QED) is 0.799. The predicted octanol–water partition coefficient (Wildman–Crippen LogP) is 0.837. The first kappa shape index (κ1) is 11.4. The van der Waals surface area contributed by atoms with E-state index < -0.39 is 0 Å². The van der Waals surface area contributed by atoms with Crippen molar-refractivity contribution in [3.8, 4) is 0 Å². The van der Waals surface area contributed by atoms with Gasteiger partial charge in [0.1, 0.15) is 5.82 Å². The molecule has 2 N–H and O–H groups in total. The van der Waals surface area contributed by atoms with E-state index in [2.05, 4.69) is 15.4 Å². The number of piperidine rings is 1. The van der Waals surface area contributed by atoms with Crippen molar-refractivity contribution in [1.82, 2.24) is 20.1 Å². The third-order valence-corrected chi connectivity index (χ3v) is 3.05. The zero-order valence-corrected chi connectivity index (χ0v) is 9.99. The van der Waals surface area contributed by atoms with Crippen LogP contribution in [-0.2, 0) is 6.54 Å². The van der Waals surface area contributed by atoms with Crippen LogP contribution < -0.4 is 11.0 Å². The molecule has 0 radical (unpaired) electrons. The van der Waals surface area contributed by atoms with Gasteiger partial charge in [-0.05, 0) is 19.4 Å². The summed E-state index contributed by atoms with van der Waals surface area (Å²) in [6.45, 7) is 5.80. The summed E-state index contributed by atoms with van der Waals surface area (Å²) in [6.07, 6.45) is 3.62. The number of H-pyrrole nitrogens is 1. The van der Waals surface area contributed by atoms with Crippen molar-refractivity contribution >= 4 is 0 Å². The average Bonchev–Trinajstić information content (AvgIpc) is 2.62. The maximum Gasteiger partial charge on any atom is 0.343 e. The number of hydrogen-bond acceptors (Lipinski definition) is 3. The van der Waals surface area contributed by atoms with Crippen LogP contribution in [0.4, 0.5) is 0 Å². The van der Waals surface area contributed by atoms with Crippen LogP contribution in [0.25, 0.3) is 0 Å². The second kappa shape index (κ2) is 4.82. The van der Waals surface area contributed by atoms with Crippen molar-refractivity contribution in [2.75, 3.05) is 6.54 Å². The lowest BCUT2D eigenvalue weighted by atomic mass is 10.1. The Kier molecular flexibility index (Phi) is 3.43. The second-order valence-corrected chi connectivity index (χ2v) is 4.80. The van der Waals surface area contributed by atoms with Gasteiger partial charge in [-0.1, -0.05) is 20.3 Å². The first-order valence-electron chi connectivity index (χ1n) is 6.07. The Morgan fingerprint density at radius 3 is 2.88 bits per heavy atom. The van der Waals surface area contributed by atoms with Crippen LogP contribution in [0.5, 0.6) is 0 Å². The summed E-state index contributed by atoms with van der Waals surface area (Å²) in [4.78, 5) is 14.4. The minimum Gasteiger partial charge on any atom is -0.312 e. The summed E-state index contributed by atoms with van der Waals surface area (Å²) in [5.41, 5.74) is -0.0870. The summed E-state index contributed by atoms with van der Waals surface area (Å²) in [7, 11) is 0. The maximum absolute atomic E-state index is 11.6. The number of hydrogen-bond donors (Lipinski definition) is 2. The van der Waals surface area contributed by atoms with Crippen LogP contribution >= 0.6 is 0 Å². The Hall–Kier alpha value is -1.10. The SMILES string of the molecule is CC(C)c1nn(CC2CCCCN2)c(=O)[nH]1. The molecule has 0 saturated carbocycles. The number of rotatable bonds is 3. The van der Waals surface area contributed by atoms with E-state index in [1.54, 1.807) is 4.68 Å². The van der Waals surface area contributed by atoms with Crippen molar-refractivity contribution in [3.63, 3.8) is 0 Å². The van der Waals surface area contributed by atoms with E-state index in [0.29, 0.717) is 12.6 Å². The summed E-state index contributed by atoms with van der Waals surface area (Å²) in [5.74, 6) is 1.05. The summed E-state index contributed by atoms with van der Waals surface area (Å²) in [5, 5.41) is 7.73. The summed E-state index contributed by atoms with van der Waals surface area (Å²) < 4.78 is 1.55. The second-order valence-electron chi connectivity index (χ2n) is 4.80. The van der Waals surface area contributed by atoms with Crippen LogP contribution in [0.3, 0.4) is 0 Å². The van der Waals surface area contributed by atoms with Gasteiger partial charge < -0.3 is 5.32 Å². The zero-order chi connectivity index (χ0) is 11.5. The minimum atomic E-state index is -0.0870. The highest BCUT2D eigenvalue weighted by Crippen LogP contribution is 2.09. The molecule has 16 heavy (non-hydrogen) atoms. The van der Waals surface area contributed by atoms with E-state index >= 15 is 0 Å². The lowest BCUT2D eigenvalue weighted by molar-refractivity contribution is 0.346. The van der Waals surface area contributed by atoms with Crippen molar-refractivity contribution < 1.29 is 0 Å². The Morgan fingerprint density at radius 1 is 1.50 bits per heavy atom. The molecule has 0 aliphatic carbocycles. The number of nitrogens with zero attached hydrogens (tertiary/aromatic N) is 2. The molecule has 1 aliphatic rings. The fourth-order valence-corrected chi connectivity index (χ4v) is 2.05. The third-order valence-electron chi connectivity index (χ3n) is 3.05. The van der Waals surface area contributed by atoms with Gasteiger partial charge in [-0.15, -0.1) is 0 Å². The van der Waals surface area contributed by atoms with E-state index in [1.807, 2.05) is 13.8 Å². The molecule has 1 unspecified atom stereocenters. The molecule has 0 aromatic carbocycles. The average molecular weight is 224 g/mol. The molecule has 5 heteroatoms. The Morgan fingerprint density at radius 2 is 2.31 bits per heavy atom. The van der Waals surface area contributed by atoms with Gasteiger partial charge in [-0.25, -0.2) is 9.48 Å². The number of aromatic amines is 1. The van der Waals surface area contributed by atoms with Crippen molar-refractivity contribution in [2.45, 2.75) is 51.6 Å². The monoisotopic (exact) mass is 224 g/mol. The molecule has 2 heterocycles. The molecule has 0 spiro atoms. The van der Waals surface area contributed by atoms with Crippen molar-refractivity contribution in [1.29, 1.82) is 0 Å². The highest BCUT2D eigenvalue weighted by Gasteiger charge is 2.16. The van der Waals surface area contributed by atoms with Gasteiger partial charge in [0.2, 0.25) is 0 Å². The van der Waals surface area contributed by atoms with Gasteiger partial charge in [0.25, 0.3) is 0 Å². The van der Waals surface area contributed by atoms with Crippen molar-refractivity contribution in [2.24, 2.45) is 0 Å². The largest absolute Gasteiger partial charge is 0.343 e. The highest BCUT2D eigenvalue weighted by atomic mass is 16.1. The molecule has 1 aromatic rings. The van der Waals surface area contributed by atoms with Crippen LogP contribution in [-0.4, -0.2) is 27.4 Å². The van der Waals surface area contributed by atoms with E-state index in [1.165, 1.54) is 12.8 Å². The molecule has 1 atom stereocenters. The molecule has 1 aliphatic heterocycles. The zero-order valence-electron chi connectivity index (χ0n) is 9.99. The molecule has 1 saturated heterocycles. The lowest BCUT2D eigenvalue weighted by Gasteiger charge is -2.22. The Balaban J connectivity index is 2.05. The van der Waals surface area contributed by atoms with E-state index in [0.717, 1.165) is 18.8 Å². The van der Waals surface area contributed by atoms with Crippen molar-refractivity contribution in [3.05, 3.63) is 16.3 Å². The first-order valence-corrected chi connectivity index (χ1v) is 6.07. The van der Waals surface area contributed by atoms with Crippen LogP contribution in [0, 0.1) is 0 Å². The van der Waals surface area contributed by atoms with Crippen LogP contribution in [0.1, 0.15) is 44.9 Å². The smallest absolute Gasteiger partial charge is 0.312 e.